The van der Waals surface area contributed by atoms with Crippen LogP contribution in [0.3, 0.4) is 0 Å². The summed E-state index contributed by atoms with van der Waals surface area (Å²) in [5.74, 6) is -1.96. The van der Waals surface area contributed by atoms with Gasteiger partial charge in [0.2, 0.25) is 0 Å². The van der Waals surface area contributed by atoms with Crippen molar-refractivity contribution < 1.29 is 24.1 Å². The number of nitrogens with zero attached hydrogens (tertiary/aromatic N) is 4. The summed E-state index contributed by atoms with van der Waals surface area (Å²) in [6, 6.07) is 10.4. The van der Waals surface area contributed by atoms with Crippen molar-refractivity contribution in [2.75, 3.05) is 22.5 Å². The van der Waals surface area contributed by atoms with E-state index in [1.165, 1.54) is 45.5 Å². The maximum Gasteiger partial charge on any atom is 0.278 e. The average molecular weight is 715 g/mol. The summed E-state index contributed by atoms with van der Waals surface area (Å²) < 4.78 is 4.60. The van der Waals surface area contributed by atoms with Crippen LogP contribution in [0.2, 0.25) is 0 Å². The highest BCUT2D eigenvalue weighted by atomic mass is 35.5. The minimum absolute atomic E-state index is 0. The molecule has 0 saturated heterocycles. The quantitative estimate of drug-likeness (QED) is 0.0462. The molecule has 0 atom stereocenters. The topological polar surface area (TPSA) is 240 Å². The van der Waals surface area contributed by atoms with Gasteiger partial charge in [0.05, 0.1) is 38.7 Å². The molecule has 258 valence electrons. The molecule has 0 spiro atoms. The number of anilines is 3. The molecule has 4 aromatic heterocycles. The maximum absolute atomic E-state index is 13.1. The van der Waals surface area contributed by atoms with Crippen molar-refractivity contribution in [2.45, 2.75) is 6.42 Å². The molecule has 0 bridgehead atoms. The normalized spacial score (nSPS) is 10.4. The zero-order chi connectivity index (χ0) is 34.0. The standard InChI is InChI=1S/C30H31N11O6.2ClH/c1-38-14-17(9-23(38)28(43)33-8-7-26(31)32)35-30(45)25-11-18(15-40(25)3)36-29(44)24-10-16(13-39(24)2)34-27(42)21-12-19-20(37-21)5-4-6-22(19)41(46)47;;/h4-6,9-15,37H,7-8H2,1-3H3,(H3,31,32)(H,33,43)(H,34,42)(H,35,45)(H,36,44);2*1H. The number of nitrogens with one attached hydrogen (secondary N) is 6. The SMILES string of the molecule is Cl.Cl.Cn1cc(NC(=O)c2cc(NC(=O)c3cc(NC(=O)c4cc5c([N+](=O)[O-])cccc5[nH]4)cn3C)cn2C)cc1C(=O)NCCC(=N)N. The van der Waals surface area contributed by atoms with Gasteiger partial charge in [0.15, 0.2) is 0 Å². The molecule has 0 aliphatic carbocycles. The zero-order valence-corrected chi connectivity index (χ0v) is 28.0. The molecule has 1 aromatic carbocycles. The number of carbonyl (C=O) groups excluding carboxylic acids is 4. The van der Waals surface area contributed by atoms with Crippen molar-refractivity contribution in [1.29, 1.82) is 5.41 Å². The van der Waals surface area contributed by atoms with Crippen LogP contribution in [0.25, 0.3) is 10.9 Å². The number of amides is 4. The fourth-order valence-corrected chi connectivity index (χ4v) is 4.99. The van der Waals surface area contributed by atoms with E-state index in [1.54, 1.807) is 50.4 Å². The van der Waals surface area contributed by atoms with Crippen LogP contribution in [-0.4, -0.2) is 59.6 Å². The van der Waals surface area contributed by atoms with E-state index in [2.05, 4.69) is 26.3 Å². The van der Waals surface area contributed by atoms with Gasteiger partial charge in [-0.3, -0.25) is 34.7 Å². The number of carbonyl (C=O) groups is 4. The van der Waals surface area contributed by atoms with Crippen molar-refractivity contribution in [3.05, 3.63) is 93.9 Å². The Balaban J connectivity index is 0.00000325. The van der Waals surface area contributed by atoms with Crippen molar-refractivity contribution in [1.82, 2.24) is 24.0 Å². The molecule has 19 heteroatoms. The number of hydrogen-bond donors (Lipinski definition) is 7. The Labute approximate surface area is 290 Å². The molecule has 4 heterocycles. The first kappa shape index (κ1) is 37.4. The van der Waals surface area contributed by atoms with Gasteiger partial charge < -0.3 is 45.7 Å². The number of aromatic nitrogens is 4. The Hall–Kier alpha value is -6.07. The summed E-state index contributed by atoms with van der Waals surface area (Å²) in [7, 11) is 4.92. The lowest BCUT2D eigenvalue weighted by Gasteiger charge is -2.04. The molecule has 8 N–H and O–H groups in total. The Morgan fingerprint density at radius 2 is 1.27 bits per heavy atom. The first-order chi connectivity index (χ1) is 22.3. The number of hydrogen-bond acceptors (Lipinski definition) is 7. The Morgan fingerprint density at radius 3 is 1.73 bits per heavy atom. The summed E-state index contributed by atoms with van der Waals surface area (Å²) >= 11 is 0. The number of nitro benzene ring substituents is 1. The van der Waals surface area contributed by atoms with Gasteiger partial charge >= 0.3 is 0 Å². The van der Waals surface area contributed by atoms with Gasteiger partial charge in [-0.05, 0) is 30.3 Å². The number of nitrogens with two attached hydrogens (primary N) is 1. The average Bonchev–Trinajstić information content (AvgIpc) is 3.77. The summed E-state index contributed by atoms with van der Waals surface area (Å²) in [5, 5.41) is 29.7. The summed E-state index contributed by atoms with van der Waals surface area (Å²) in [6.07, 6.45) is 4.90. The van der Waals surface area contributed by atoms with Crippen LogP contribution in [0, 0.1) is 15.5 Å². The molecule has 4 amide bonds. The highest BCUT2D eigenvalue weighted by Gasteiger charge is 2.21. The monoisotopic (exact) mass is 713 g/mol. The molecule has 0 radical (unpaired) electrons. The minimum atomic E-state index is -0.550. The van der Waals surface area contributed by atoms with Gasteiger partial charge in [0, 0.05) is 58.8 Å². The fourth-order valence-electron chi connectivity index (χ4n) is 4.99. The Kier molecular flexibility index (Phi) is 11.6. The van der Waals surface area contributed by atoms with E-state index in [4.69, 9.17) is 11.1 Å². The third kappa shape index (κ3) is 8.27. The van der Waals surface area contributed by atoms with Gasteiger partial charge in [-0.1, -0.05) is 6.07 Å². The van der Waals surface area contributed by atoms with E-state index in [1.807, 2.05) is 0 Å². The molecule has 0 aliphatic rings. The molecule has 17 nitrogen and oxygen atoms in total. The third-order valence-corrected chi connectivity index (χ3v) is 7.25. The summed E-state index contributed by atoms with van der Waals surface area (Å²) in [6.45, 7) is 0.205. The number of non-ortho nitro benzene ring substituents is 1. The molecule has 0 unspecified atom stereocenters. The number of amidine groups is 1. The van der Waals surface area contributed by atoms with Crippen molar-refractivity contribution in [3.8, 4) is 0 Å². The number of H-pyrrole nitrogens is 1. The number of benzene rings is 1. The molecule has 5 aromatic rings. The Bertz CT molecular complexity index is 2090. The van der Waals surface area contributed by atoms with Crippen LogP contribution in [0.1, 0.15) is 48.4 Å². The number of fused-ring (bicyclic) bond motifs is 1. The lowest BCUT2D eigenvalue weighted by molar-refractivity contribution is -0.383. The van der Waals surface area contributed by atoms with Crippen LogP contribution in [0.15, 0.2) is 61.1 Å². The number of aromatic amines is 1. The number of nitro groups is 1. The summed E-state index contributed by atoms with van der Waals surface area (Å²) in [4.78, 5) is 65.2. The predicted octanol–water partition coefficient (Wildman–Crippen LogP) is 3.75. The highest BCUT2D eigenvalue weighted by Crippen LogP contribution is 2.27. The van der Waals surface area contributed by atoms with E-state index >= 15 is 0 Å². The second-order valence-corrected chi connectivity index (χ2v) is 10.7. The lowest BCUT2D eigenvalue weighted by atomic mass is 10.2. The maximum atomic E-state index is 13.1. The second-order valence-electron chi connectivity index (χ2n) is 10.7. The minimum Gasteiger partial charge on any atom is -0.388 e. The largest absolute Gasteiger partial charge is 0.388 e. The van der Waals surface area contributed by atoms with Gasteiger partial charge in [-0.15, -0.1) is 24.8 Å². The number of aryl methyl sites for hydroxylation is 3. The van der Waals surface area contributed by atoms with Crippen LogP contribution < -0.4 is 27.0 Å². The van der Waals surface area contributed by atoms with E-state index < -0.39 is 22.6 Å². The first-order valence-electron chi connectivity index (χ1n) is 14.1. The molecule has 0 fully saturated rings. The van der Waals surface area contributed by atoms with E-state index in [-0.39, 0.29) is 72.3 Å². The van der Waals surface area contributed by atoms with E-state index in [0.29, 0.717) is 33.7 Å². The second kappa shape index (κ2) is 15.2. The molecule has 49 heavy (non-hydrogen) atoms. The van der Waals surface area contributed by atoms with Crippen LogP contribution >= 0.6 is 24.8 Å². The van der Waals surface area contributed by atoms with Crippen LogP contribution in [-0.2, 0) is 21.1 Å². The lowest BCUT2D eigenvalue weighted by Crippen LogP contribution is -2.28. The van der Waals surface area contributed by atoms with Crippen LogP contribution in [0.4, 0.5) is 22.7 Å². The molecular weight excluding hydrogens is 681 g/mol. The van der Waals surface area contributed by atoms with Crippen LogP contribution in [0.5, 0.6) is 0 Å². The molecular formula is C30H33Cl2N11O6. The van der Waals surface area contributed by atoms with Gasteiger partial charge in [-0.25, -0.2) is 0 Å². The summed E-state index contributed by atoms with van der Waals surface area (Å²) in [5.41, 5.74) is 7.51. The van der Waals surface area contributed by atoms with Gasteiger partial charge in [0.1, 0.15) is 22.8 Å². The van der Waals surface area contributed by atoms with Gasteiger partial charge in [0.25, 0.3) is 29.3 Å². The smallest absolute Gasteiger partial charge is 0.278 e. The molecule has 0 saturated carbocycles. The van der Waals surface area contributed by atoms with Gasteiger partial charge in [-0.2, -0.15) is 0 Å². The fraction of sp³-hybridized carbons (Fsp3) is 0.167. The number of rotatable bonds is 11. The first-order valence-corrected chi connectivity index (χ1v) is 14.1. The number of halogens is 2. The predicted molar refractivity (Wildman–Crippen MR) is 188 cm³/mol. The van der Waals surface area contributed by atoms with Crippen molar-refractivity contribution in [3.63, 3.8) is 0 Å². The third-order valence-electron chi connectivity index (χ3n) is 7.25. The zero-order valence-electron chi connectivity index (χ0n) is 26.3. The molecule has 0 aliphatic heterocycles. The van der Waals surface area contributed by atoms with Crippen molar-refractivity contribution in [2.24, 2.45) is 26.9 Å². The van der Waals surface area contributed by atoms with Crippen molar-refractivity contribution >= 4 is 87.9 Å². The van der Waals surface area contributed by atoms with E-state index in [0.717, 1.165) is 0 Å². The Morgan fingerprint density at radius 1 is 0.796 bits per heavy atom. The molecule has 5 rings (SSSR count). The van der Waals surface area contributed by atoms with E-state index in [9.17, 15) is 29.3 Å². The highest BCUT2D eigenvalue weighted by molar-refractivity contribution is 6.09.